The zero-order valence-corrected chi connectivity index (χ0v) is 13.7. The number of nitrogens with one attached hydrogen (secondary N) is 1. The first kappa shape index (κ1) is 15.0. The SMILES string of the molecule is Cc1ccc(Nc2nc3cccc(N4CCC(O)CC4)n3n2)cc1. The van der Waals surface area contributed by atoms with Gasteiger partial charge in [0.2, 0.25) is 5.95 Å². The lowest BCUT2D eigenvalue weighted by Crippen LogP contribution is -2.36. The maximum Gasteiger partial charge on any atom is 0.247 e. The van der Waals surface area contributed by atoms with Crippen molar-refractivity contribution < 1.29 is 5.11 Å². The van der Waals surface area contributed by atoms with Crippen LogP contribution in [0.5, 0.6) is 0 Å². The van der Waals surface area contributed by atoms with Crippen molar-refractivity contribution in [3.8, 4) is 0 Å². The average Bonchev–Trinajstić information content (AvgIpc) is 3.00. The third kappa shape index (κ3) is 2.92. The first-order chi connectivity index (χ1) is 11.7. The lowest BCUT2D eigenvalue weighted by Gasteiger charge is -2.31. The van der Waals surface area contributed by atoms with Crippen LogP contribution in [0.15, 0.2) is 42.5 Å². The molecule has 2 aromatic heterocycles. The second kappa shape index (κ2) is 6.13. The molecule has 3 heterocycles. The molecule has 0 aliphatic carbocycles. The van der Waals surface area contributed by atoms with Crippen LogP contribution in [-0.2, 0) is 0 Å². The van der Waals surface area contributed by atoms with Crippen LogP contribution in [-0.4, -0.2) is 38.9 Å². The number of aliphatic hydroxyl groups is 1. The number of hydrogen-bond donors (Lipinski definition) is 2. The van der Waals surface area contributed by atoms with Crippen molar-refractivity contribution in [2.45, 2.75) is 25.9 Å². The Hall–Kier alpha value is -2.60. The normalized spacial score (nSPS) is 15.8. The summed E-state index contributed by atoms with van der Waals surface area (Å²) >= 11 is 0. The summed E-state index contributed by atoms with van der Waals surface area (Å²) in [7, 11) is 0. The number of hydrogen-bond acceptors (Lipinski definition) is 5. The van der Waals surface area contributed by atoms with Crippen LogP contribution in [0, 0.1) is 6.92 Å². The van der Waals surface area contributed by atoms with E-state index in [1.54, 1.807) is 0 Å². The molecule has 3 aromatic rings. The lowest BCUT2D eigenvalue weighted by molar-refractivity contribution is 0.145. The number of piperidine rings is 1. The number of nitrogens with zero attached hydrogens (tertiary/aromatic N) is 4. The van der Waals surface area contributed by atoms with Gasteiger partial charge in [-0.15, -0.1) is 5.10 Å². The Morgan fingerprint density at radius 3 is 2.58 bits per heavy atom. The quantitative estimate of drug-likeness (QED) is 0.776. The summed E-state index contributed by atoms with van der Waals surface area (Å²) in [6.45, 7) is 3.73. The molecule has 0 amide bonds. The molecule has 4 rings (SSSR count). The van der Waals surface area contributed by atoms with Crippen LogP contribution in [0.2, 0.25) is 0 Å². The summed E-state index contributed by atoms with van der Waals surface area (Å²) in [5.74, 6) is 1.60. The van der Waals surface area contributed by atoms with E-state index in [0.717, 1.165) is 43.1 Å². The van der Waals surface area contributed by atoms with Gasteiger partial charge in [0.25, 0.3) is 0 Å². The Morgan fingerprint density at radius 2 is 1.83 bits per heavy atom. The van der Waals surface area contributed by atoms with E-state index < -0.39 is 0 Å². The van der Waals surface area contributed by atoms with Crippen LogP contribution in [0.25, 0.3) is 5.65 Å². The Bertz CT molecular complexity index is 834. The van der Waals surface area contributed by atoms with Gasteiger partial charge < -0.3 is 15.3 Å². The molecule has 6 nitrogen and oxygen atoms in total. The van der Waals surface area contributed by atoms with Crippen LogP contribution in [0.1, 0.15) is 18.4 Å². The van der Waals surface area contributed by atoms with Crippen LogP contribution >= 0.6 is 0 Å². The molecule has 0 spiro atoms. The smallest absolute Gasteiger partial charge is 0.247 e. The summed E-state index contributed by atoms with van der Waals surface area (Å²) in [5.41, 5.74) is 3.01. The van der Waals surface area contributed by atoms with Gasteiger partial charge in [-0.3, -0.25) is 0 Å². The van der Waals surface area contributed by atoms with Gasteiger partial charge >= 0.3 is 0 Å². The summed E-state index contributed by atoms with van der Waals surface area (Å²) in [6.07, 6.45) is 1.40. The average molecular weight is 323 g/mol. The van der Waals surface area contributed by atoms with E-state index in [2.05, 4.69) is 45.4 Å². The van der Waals surface area contributed by atoms with Gasteiger partial charge in [-0.1, -0.05) is 23.8 Å². The number of anilines is 3. The molecule has 1 aliphatic rings. The van der Waals surface area contributed by atoms with Crippen molar-refractivity contribution in [2.75, 3.05) is 23.3 Å². The monoisotopic (exact) mass is 323 g/mol. The van der Waals surface area contributed by atoms with Crippen molar-refractivity contribution in [3.63, 3.8) is 0 Å². The lowest BCUT2D eigenvalue weighted by atomic mass is 10.1. The zero-order valence-electron chi connectivity index (χ0n) is 13.7. The number of aliphatic hydroxyl groups excluding tert-OH is 1. The maximum atomic E-state index is 9.70. The Morgan fingerprint density at radius 1 is 1.08 bits per heavy atom. The van der Waals surface area contributed by atoms with E-state index in [4.69, 9.17) is 0 Å². The summed E-state index contributed by atoms with van der Waals surface area (Å²) in [4.78, 5) is 6.82. The van der Waals surface area contributed by atoms with Crippen molar-refractivity contribution >= 4 is 23.1 Å². The minimum atomic E-state index is -0.185. The molecule has 0 bridgehead atoms. The standard InChI is InChI=1S/C18H21N5O/c1-13-5-7-14(8-6-13)19-18-20-16-3-2-4-17(23(16)21-18)22-11-9-15(24)10-12-22/h2-8,15,24H,9-12H2,1H3,(H,19,21). The molecule has 1 fully saturated rings. The predicted octanol–water partition coefficient (Wildman–Crippen LogP) is 2.74. The highest BCUT2D eigenvalue weighted by Crippen LogP contribution is 2.22. The van der Waals surface area contributed by atoms with Crippen molar-refractivity contribution in [1.82, 2.24) is 14.6 Å². The van der Waals surface area contributed by atoms with E-state index in [0.29, 0.717) is 5.95 Å². The van der Waals surface area contributed by atoms with Crippen LogP contribution in [0.3, 0.4) is 0 Å². The van der Waals surface area contributed by atoms with Crippen molar-refractivity contribution in [3.05, 3.63) is 48.0 Å². The molecule has 0 atom stereocenters. The van der Waals surface area contributed by atoms with Gasteiger partial charge in [0.15, 0.2) is 5.65 Å². The Balaban J connectivity index is 1.63. The Labute approximate surface area is 140 Å². The topological polar surface area (TPSA) is 65.7 Å². The zero-order chi connectivity index (χ0) is 16.5. The van der Waals surface area contributed by atoms with E-state index in [9.17, 15) is 5.11 Å². The molecular weight excluding hydrogens is 302 g/mol. The van der Waals surface area contributed by atoms with Gasteiger partial charge in [-0.05, 0) is 44.0 Å². The number of pyridine rings is 1. The third-order valence-corrected chi connectivity index (χ3v) is 4.44. The molecule has 1 aromatic carbocycles. The van der Waals surface area contributed by atoms with E-state index in [1.165, 1.54) is 5.56 Å². The second-order valence-electron chi connectivity index (χ2n) is 6.30. The maximum absolute atomic E-state index is 9.70. The fraction of sp³-hybridized carbons (Fsp3) is 0.333. The fourth-order valence-corrected chi connectivity index (χ4v) is 3.04. The first-order valence-corrected chi connectivity index (χ1v) is 8.31. The fourth-order valence-electron chi connectivity index (χ4n) is 3.04. The molecule has 1 saturated heterocycles. The van der Waals surface area contributed by atoms with Gasteiger partial charge in [-0.2, -0.15) is 9.50 Å². The van der Waals surface area contributed by atoms with Crippen LogP contribution < -0.4 is 10.2 Å². The van der Waals surface area contributed by atoms with E-state index >= 15 is 0 Å². The highest BCUT2D eigenvalue weighted by Gasteiger charge is 2.20. The summed E-state index contributed by atoms with van der Waals surface area (Å²) in [6, 6.07) is 14.2. The molecule has 0 radical (unpaired) electrons. The van der Waals surface area contributed by atoms with Crippen LogP contribution in [0.4, 0.5) is 17.5 Å². The number of fused-ring (bicyclic) bond motifs is 1. The molecule has 1 aliphatic heterocycles. The highest BCUT2D eigenvalue weighted by molar-refractivity contribution is 5.58. The molecule has 0 unspecified atom stereocenters. The highest BCUT2D eigenvalue weighted by atomic mass is 16.3. The molecule has 6 heteroatoms. The third-order valence-electron chi connectivity index (χ3n) is 4.44. The predicted molar refractivity (Wildman–Crippen MR) is 94.9 cm³/mol. The number of aromatic nitrogens is 3. The largest absolute Gasteiger partial charge is 0.393 e. The Kier molecular flexibility index (Phi) is 3.82. The minimum Gasteiger partial charge on any atom is -0.393 e. The van der Waals surface area contributed by atoms with Crippen molar-refractivity contribution in [1.29, 1.82) is 0 Å². The minimum absolute atomic E-state index is 0.185. The van der Waals surface area contributed by atoms with E-state index in [-0.39, 0.29) is 6.10 Å². The summed E-state index contributed by atoms with van der Waals surface area (Å²) in [5, 5.41) is 17.6. The number of rotatable bonds is 3. The van der Waals surface area contributed by atoms with Gasteiger partial charge in [0.05, 0.1) is 6.10 Å². The van der Waals surface area contributed by atoms with E-state index in [1.807, 2.05) is 28.8 Å². The molecule has 124 valence electrons. The van der Waals surface area contributed by atoms with Gasteiger partial charge in [0, 0.05) is 18.8 Å². The van der Waals surface area contributed by atoms with Gasteiger partial charge in [0.1, 0.15) is 5.82 Å². The molecule has 2 N–H and O–H groups in total. The van der Waals surface area contributed by atoms with Gasteiger partial charge in [-0.25, -0.2) is 0 Å². The molecule has 24 heavy (non-hydrogen) atoms. The number of aryl methyl sites for hydroxylation is 1. The van der Waals surface area contributed by atoms with Crippen molar-refractivity contribution in [2.24, 2.45) is 0 Å². The molecule has 0 saturated carbocycles. The number of benzene rings is 1. The first-order valence-electron chi connectivity index (χ1n) is 8.31. The second-order valence-corrected chi connectivity index (χ2v) is 6.30. The summed E-state index contributed by atoms with van der Waals surface area (Å²) < 4.78 is 1.87. The molecular formula is C18H21N5O.